The fourth-order valence-electron chi connectivity index (χ4n) is 3.59. The molecule has 0 spiro atoms. The number of allylic oxidation sites excluding steroid dienone is 1. The van der Waals surface area contributed by atoms with Crippen molar-refractivity contribution in [3.05, 3.63) is 86.7 Å². The van der Waals surface area contributed by atoms with Gasteiger partial charge in [-0.1, -0.05) is 54.1 Å². The van der Waals surface area contributed by atoms with Gasteiger partial charge in [-0.2, -0.15) is 0 Å². The minimum Gasteiger partial charge on any atom is -0.292 e. The first-order valence-electron chi connectivity index (χ1n) is 8.75. The largest absolute Gasteiger partial charge is 0.292 e. The van der Waals surface area contributed by atoms with E-state index in [2.05, 4.69) is 6.08 Å². The van der Waals surface area contributed by atoms with Gasteiger partial charge in [0, 0.05) is 22.5 Å². The predicted molar refractivity (Wildman–Crippen MR) is 113 cm³/mol. The molecule has 0 amide bonds. The molecule has 0 fully saturated rings. The van der Waals surface area contributed by atoms with Crippen LogP contribution in [0.25, 0.3) is 33.0 Å². The van der Waals surface area contributed by atoms with E-state index >= 15 is 0 Å². The van der Waals surface area contributed by atoms with Gasteiger partial charge in [0.05, 0.1) is 5.39 Å². The Hall–Kier alpha value is -2.69. The summed E-state index contributed by atoms with van der Waals surface area (Å²) >= 11 is 7.62. The molecule has 0 radical (unpaired) electrons. The van der Waals surface area contributed by atoms with Crippen molar-refractivity contribution in [3.63, 3.8) is 0 Å². The molecule has 1 aliphatic rings. The average Bonchev–Trinajstić information content (AvgIpc) is 3.28. The van der Waals surface area contributed by atoms with Crippen molar-refractivity contribution >= 4 is 44.8 Å². The molecule has 0 saturated carbocycles. The minimum atomic E-state index is 0.0459. The highest BCUT2D eigenvalue weighted by Gasteiger charge is 2.23. The smallest absolute Gasteiger partial charge is 0.263 e. The maximum atomic E-state index is 13.2. The number of hydrogen-bond acceptors (Lipinski definition) is 3. The Bertz CT molecular complexity index is 1250. The topological polar surface area (TPSA) is 34.9 Å². The van der Waals surface area contributed by atoms with Crippen LogP contribution in [0.1, 0.15) is 17.8 Å². The molecule has 132 valence electrons. The van der Waals surface area contributed by atoms with E-state index in [1.165, 1.54) is 11.3 Å². The molecule has 0 bridgehead atoms. The van der Waals surface area contributed by atoms with Gasteiger partial charge in [-0.15, -0.1) is 11.3 Å². The van der Waals surface area contributed by atoms with Crippen LogP contribution < -0.4 is 5.56 Å². The Labute approximate surface area is 165 Å². The SMILES string of the molecule is O=c1c2c(-c3ccccc3)csc2nc2n1CC/C2=C\c1cccc(Cl)c1. The van der Waals surface area contributed by atoms with Gasteiger partial charge < -0.3 is 0 Å². The van der Waals surface area contributed by atoms with Crippen LogP contribution in [0.4, 0.5) is 0 Å². The monoisotopic (exact) mass is 390 g/mol. The first kappa shape index (κ1) is 16.5. The lowest BCUT2D eigenvalue weighted by Crippen LogP contribution is -2.20. The van der Waals surface area contributed by atoms with Crippen molar-refractivity contribution < 1.29 is 0 Å². The normalized spacial score (nSPS) is 14.8. The van der Waals surface area contributed by atoms with Gasteiger partial charge in [0.25, 0.3) is 5.56 Å². The summed E-state index contributed by atoms with van der Waals surface area (Å²) in [5.41, 5.74) is 4.17. The first-order valence-corrected chi connectivity index (χ1v) is 10.0. The minimum absolute atomic E-state index is 0.0459. The van der Waals surface area contributed by atoms with Gasteiger partial charge in [0.2, 0.25) is 0 Å². The van der Waals surface area contributed by atoms with Crippen LogP contribution in [0.2, 0.25) is 5.02 Å². The molecule has 5 heteroatoms. The number of rotatable bonds is 2. The zero-order valence-electron chi connectivity index (χ0n) is 14.4. The summed E-state index contributed by atoms with van der Waals surface area (Å²) in [4.78, 5) is 18.8. The second kappa shape index (κ2) is 6.48. The van der Waals surface area contributed by atoms with Crippen molar-refractivity contribution in [2.45, 2.75) is 13.0 Å². The molecule has 0 atom stereocenters. The Morgan fingerprint density at radius 1 is 1.11 bits per heavy atom. The number of nitrogens with zero attached hydrogens (tertiary/aromatic N) is 2. The van der Waals surface area contributed by atoms with E-state index in [0.717, 1.165) is 44.7 Å². The quantitative estimate of drug-likeness (QED) is 0.438. The number of fused-ring (bicyclic) bond motifs is 2. The van der Waals surface area contributed by atoms with Crippen molar-refractivity contribution in [2.24, 2.45) is 0 Å². The van der Waals surface area contributed by atoms with E-state index in [1.807, 2.05) is 60.0 Å². The highest BCUT2D eigenvalue weighted by Crippen LogP contribution is 2.34. The maximum Gasteiger partial charge on any atom is 0.263 e. The molecular weight excluding hydrogens is 376 g/mol. The lowest BCUT2D eigenvalue weighted by molar-refractivity contribution is 0.726. The summed E-state index contributed by atoms with van der Waals surface area (Å²) in [6, 6.07) is 17.7. The van der Waals surface area contributed by atoms with Gasteiger partial charge in [-0.3, -0.25) is 9.36 Å². The highest BCUT2D eigenvalue weighted by atomic mass is 35.5. The molecule has 2 aromatic carbocycles. The third-order valence-corrected chi connectivity index (χ3v) is 5.97. The van der Waals surface area contributed by atoms with E-state index < -0.39 is 0 Å². The number of hydrogen-bond donors (Lipinski definition) is 0. The highest BCUT2D eigenvalue weighted by molar-refractivity contribution is 7.17. The first-order chi connectivity index (χ1) is 13.2. The van der Waals surface area contributed by atoms with Crippen molar-refractivity contribution in [1.29, 1.82) is 0 Å². The second-order valence-electron chi connectivity index (χ2n) is 6.56. The molecule has 0 N–H and O–H groups in total. The molecule has 27 heavy (non-hydrogen) atoms. The van der Waals surface area contributed by atoms with Crippen LogP contribution in [-0.2, 0) is 6.54 Å². The number of aromatic nitrogens is 2. The van der Waals surface area contributed by atoms with Crippen molar-refractivity contribution in [1.82, 2.24) is 9.55 Å². The molecule has 0 aliphatic carbocycles. The Balaban J connectivity index is 1.68. The van der Waals surface area contributed by atoms with Crippen LogP contribution in [0.3, 0.4) is 0 Å². The lowest BCUT2D eigenvalue weighted by Gasteiger charge is -2.05. The average molecular weight is 391 g/mol. The molecule has 0 saturated heterocycles. The van der Waals surface area contributed by atoms with Crippen LogP contribution in [0.15, 0.2) is 64.8 Å². The van der Waals surface area contributed by atoms with Crippen LogP contribution >= 0.6 is 22.9 Å². The molecule has 3 nitrogen and oxygen atoms in total. The van der Waals surface area contributed by atoms with Crippen LogP contribution in [0, 0.1) is 0 Å². The standard InChI is InChI=1S/C22H15ClN2OS/c23-17-8-4-5-14(12-17)11-16-9-10-25-20(16)24-21-19(22(25)26)18(13-27-21)15-6-2-1-3-7-15/h1-8,11-13H,9-10H2/b16-11+. The fraction of sp³-hybridized carbons (Fsp3) is 0.0909. The summed E-state index contributed by atoms with van der Waals surface area (Å²) in [7, 11) is 0. The summed E-state index contributed by atoms with van der Waals surface area (Å²) in [5.74, 6) is 0.772. The zero-order chi connectivity index (χ0) is 18.4. The van der Waals surface area contributed by atoms with E-state index in [0.29, 0.717) is 11.6 Å². The van der Waals surface area contributed by atoms with Gasteiger partial charge >= 0.3 is 0 Å². The van der Waals surface area contributed by atoms with E-state index in [9.17, 15) is 4.79 Å². The van der Waals surface area contributed by atoms with Crippen molar-refractivity contribution in [2.75, 3.05) is 0 Å². The molecule has 1 aliphatic heterocycles. The Morgan fingerprint density at radius 3 is 2.78 bits per heavy atom. The lowest BCUT2D eigenvalue weighted by atomic mass is 10.1. The van der Waals surface area contributed by atoms with Gasteiger partial charge in [0.15, 0.2) is 0 Å². The zero-order valence-corrected chi connectivity index (χ0v) is 15.9. The second-order valence-corrected chi connectivity index (χ2v) is 7.86. The van der Waals surface area contributed by atoms with Crippen molar-refractivity contribution in [3.8, 4) is 11.1 Å². The summed E-state index contributed by atoms with van der Waals surface area (Å²) < 4.78 is 1.80. The van der Waals surface area contributed by atoms with Gasteiger partial charge in [0.1, 0.15) is 10.7 Å². The molecule has 5 rings (SSSR count). The summed E-state index contributed by atoms with van der Waals surface area (Å²) in [5, 5.41) is 3.46. The van der Waals surface area contributed by atoms with E-state index in [1.54, 1.807) is 4.57 Å². The van der Waals surface area contributed by atoms with Crippen LogP contribution in [0.5, 0.6) is 0 Å². The Kier molecular flexibility index (Phi) is 3.96. The third kappa shape index (κ3) is 2.82. The number of halogens is 1. The van der Waals surface area contributed by atoms with Crippen LogP contribution in [-0.4, -0.2) is 9.55 Å². The third-order valence-electron chi connectivity index (χ3n) is 4.86. The fourth-order valence-corrected chi connectivity index (χ4v) is 4.72. The summed E-state index contributed by atoms with van der Waals surface area (Å²) in [6.07, 6.45) is 2.88. The Morgan fingerprint density at radius 2 is 1.96 bits per heavy atom. The van der Waals surface area contributed by atoms with E-state index in [4.69, 9.17) is 16.6 Å². The number of benzene rings is 2. The molecule has 2 aromatic heterocycles. The van der Waals surface area contributed by atoms with Gasteiger partial charge in [-0.05, 0) is 41.3 Å². The predicted octanol–water partition coefficient (Wildman–Crippen LogP) is 5.72. The van der Waals surface area contributed by atoms with E-state index in [-0.39, 0.29) is 5.56 Å². The molecule has 0 unspecified atom stereocenters. The molecular formula is C22H15ClN2OS. The summed E-state index contributed by atoms with van der Waals surface area (Å²) in [6.45, 7) is 0.660. The molecule has 3 heterocycles. The number of thiophene rings is 1. The maximum absolute atomic E-state index is 13.2. The molecule has 4 aromatic rings. The van der Waals surface area contributed by atoms with Gasteiger partial charge in [-0.25, -0.2) is 4.98 Å².